The highest BCUT2D eigenvalue weighted by Crippen LogP contribution is 2.34. The Morgan fingerprint density at radius 2 is 2.23 bits per heavy atom. The molecule has 3 N–H and O–H groups in total. The van der Waals surface area contributed by atoms with Crippen LogP contribution >= 0.6 is 12.4 Å². The highest BCUT2D eigenvalue weighted by Gasteiger charge is 2.26. The van der Waals surface area contributed by atoms with E-state index in [1.165, 1.54) is 0 Å². The van der Waals surface area contributed by atoms with Crippen LogP contribution in [0.1, 0.15) is 13.3 Å². The molecule has 0 spiro atoms. The van der Waals surface area contributed by atoms with Gasteiger partial charge >= 0.3 is 0 Å². The molecule has 1 fully saturated rings. The Balaban J connectivity index is 0.00000176. The number of benzene rings is 1. The fourth-order valence-electron chi connectivity index (χ4n) is 2.81. The summed E-state index contributed by atoms with van der Waals surface area (Å²) in [4.78, 5) is 14.2. The number of amides is 1. The molecule has 0 radical (unpaired) electrons. The number of nitrogens with zero attached hydrogens (tertiary/aromatic N) is 1. The van der Waals surface area contributed by atoms with Gasteiger partial charge in [-0.25, -0.2) is 0 Å². The van der Waals surface area contributed by atoms with Crippen molar-refractivity contribution in [1.82, 2.24) is 4.90 Å². The van der Waals surface area contributed by atoms with Crippen molar-refractivity contribution >= 4 is 24.0 Å². The summed E-state index contributed by atoms with van der Waals surface area (Å²) in [5, 5.41) is 2.90. The standard InChI is InChI=1S/C15H21N3O3.ClH/c1-10(16)11-4-5-18(7-11)8-15(19)17-12-2-3-13-14(6-12)21-9-20-13;/h2-3,6,10-11H,4-5,7-9,16H2,1H3,(H,17,19);1H. The molecule has 2 atom stereocenters. The second-order valence-electron chi connectivity index (χ2n) is 5.76. The number of nitrogens with one attached hydrogen (secondary N) is 1. The third-order valence-electron chi connectivity index (χ3n) is 4.08. The average Bonchev–Trinajstić information content (AvgIpc) is 3.06. The van der Waals surface area contributed by atoms with Crippen molar-refractivity contribution in [3.63, 3.8) is 0 Å². The third kappa shape index (κ3) is 3.82. The quantitative estimate of drug-likeness (QED) is 0.875. The summed E-state index contributed by atoms with van der Waals surface area (Å²) in [5.74, 6) is 1.86. The number of hydrogen-bond acceptors (Lipinski definition) is 5. The number of fused-ring (bicyclic) bond motifs is 1. The Bertz CT molecular complexity index is 539. The van der Waals surface area contributed by atoms with Crippen LogP contribution in [0.3, 0.4) is 0 Å². The predicted octanol–water partition coefficient (Wildman–Crippen LogP) is 1.44. The minimum atomic E-state index is -0.0146. The summed E-state index contributed by atoms with van der Waals surface area (Å²) in [5.41, 5.74) is 6.64. The van der Waals surface area contributed by atoms with Crippen LogP contribution in [0.2, 0.25) is 0 Å². The molecule has 3 rings (SSSR count). The predicted molar refractivity (Wildman–Crippen MR) is 86.6 cm³/mol. The average molecular weight is 328 g/mol. The molecule has 0 saturated carbocycles. The van der Waals surface area contributed by atoms with Crippen molar-refractivity contribution in [2.24, 2.45) is 11.7 Å². The van der Waals surface area contributed by atoms with Crippen LogP contribution < -0.4 is 20.5 Å². The van der Waals surface area contributed by atoms with E-state index in [1.54, 1.807) is 12.1 Å². The summed E-state index contributed by atoms with van der Waals surface area (Å²) in [6, 6.07) is 5.60. The maximum Gasteiger partial charge on any atom is 0.238 e. The highest BCUT2D eigenvalue weighted by molar-refractivity contribution is 5.92. The van der Waals surface area contributed by atoms with E-state index in [9.17, 15) is 4.79 Å². The maximum atomic E-state index is 12.1. The number of hydrogen-bond donors (Lipinski definition) is 2. The summed E-state index contributed by atoms with van der Waals surface area (Å²) in [7, 11) is 0. The molecule has 2 heterocycles. The van der Waals surface area contributed by atoms with Gasteiger partial charge in [0.05, 0.1) is 6.54 Å². The van der Waals surface area contributed by atoms with Crippen LogP contribution in [-0.2, 0) is 4.79 Å². The van der Waals surface area contributed by atoms with E-state index in [-0.39, 0.29) is 31.1 Å². The molecule has 2 aliphatic rings. The van der Waals surface area contributed by atoms with Gasteiger partial charge < -0.3 is 20.5 Å². The molecule has 6 nitrogen and oxygen atoms in total. The molecule has 2 aliphatic heterocycles. The molecule has 1 aromatic carbocycles. The molecular formula is C15H22ClN3O3. The van der Waals surface area contributed by atoms with Gasteiger partial charge in [0.15, 0.2) is 11.5 Å². The molecule has 0 aromatic heterocycles. The Hall–Kier alpha value is -1.50. The second kappa shape index (κ2) is 7.17. The number of rotatable bonds is 4. The molecular weight excluding hydrogens is 306 g/mol. The zero-order valence-electron chi connectivity index (χ0n) is 12.6. The Labute approximate surface area is 136 Å². The Morgan fingerprint density at radius 3 is 2.95 bits per heavy atom. The zero-order valence-corrected chi connectivity index (χ0v) is 13.4. The topological polar surface area (TPSA) is 76.8 Å². The highest BCUT2D eigenvalue weighted by atomic mass is 35.5. The smallest absolute Gasteiger partial charge is 0.238 e. The van der Waals surface area contributed by atoms with Gasteiger partial charge in [0.1, 0.15) is 0 Å². The number of ether oxygens (including phenoxy) is 2. The van der Waals surface area contributed by atoms with Crippen molar-refractivity contribution < 1.29 is 14.3 Å². The Morgan fingerprint density at radius 1 is 1.45 bits per heavy atom. The molecule has 22 heavy (non-hydrogen) atoms. The molecule has 0 bridgehead atoms. The van der Waals surface area contributed by atoms with Gasteiger partial charge in [0.25, 0.3) is 0 Å². The van der Waals surface area contributed by atoms with Crippen molar-refractivity contribution in [3.05, 3.63) is 18.2 Å². The fourth-order valence-corrected chi connectivity index (χ4v) is 2.81. The lowest BCUT2D eigenvalue weighted by Gasteiger charge is -2.17. The summed E-state index contributed by atoms with van der Waals surface area (Å²) < 4.78 is 10.5. The minimum absolute atomic E-state index is 0. The molecule has 2 unspecified atom stereocenters. The first-order valence-corrected chi connectivity index (χ1v) is 7.29. The lowest BCUT2D eigenvalue weighted by molar-refractivity contribution is -0.117. The van der Waals surface area contributed by atoms with E-state index in [2.05, 4.69) is 10.2 Å². The van der Waals surface area contributed by atoms with E-state index < -0.39 is 0 Å². The molecule has 1 aromatic rings. The first-order chi connectivity index (χ1) is 10.1. The van der Waals surface area contributed by atoms with E-state index in [4.69, 9.17) is 15.2 Å². The number of carbonyl (C=O) groups is 1. The number of nitrogens with two attached hydrogens (primary N) is 1. The van der Waals surface area contributed by atoms with E-state index in [0.717, 1.165) is 25.2 Å². The maximum absolute atomic E-state index is 12.1. The molecule has 122 valence electrons. The first-order valence-electron chi connectivity index (χ1n) is 7.29. The van der Waals surface area contributed by atoms with Crippen molar-refractivity contribution in [2.75, 3.05) is 31.7 Å². The van der Waals surface area contributed by atoms with Crippen LogP contribution in [0, 0.1) is 5.92 Å². The van der Waals surface area contributed by atoms with Crippen LogP contribution in [0.5, 0.6) is 11.5 Å². The van der Waals surface area contributed by atoms with E-state index >= 15 is 0 Å². The van der Waals surface area contributed by atoms with Gasteiger partial charge in [-0.3, -0.25) is 9.69 Å². The first kappa shape index (κ1) is 16.9. The van der Waals surface area contributed by atoms with Gasteiger partial charge in [0, 0.05) is 24.3 Å². The lowest BCUT2D eigenvalue weighted by Crippen LogP contribution is -2.34. The van der Waals surface area contributed by atoms with E-state index in [0.29, 0.717) is 24.0 Å². The molecule has 1 amide bonds. The van der Waals surface area contributed by atoms with Crippen LogP contribution in [0.25, 0.3) is 0 Å². The second-order valence-corrected chi connectivity index (χ2v) is 5.76. The van der Waals surface area contributed by atoms with Gasteiger partial charge in [-0.1, -0.05) is 0 Å². The Kier molecular flexibility index (Phi) is 5.50. The number of likely N-dealkylation sites (tertiary alicyclic amines) is 1. The van der Waals surface area contributed by atoms with Gasteiger partial charge in [-0.2, -0.15) is 0 Å². The summed E-state index contributed by atoms with van der Waals surface area (Å²) in [6.07, 6.45) is 1.06. The van der Waals surface area contributed by atoms with Crippen LogP contribution in [-0.4, -0.2) is 43.3 Å². The lowest BCUT2D eigenvalue weighted by atomic mass is 10.0. The monoisotopic (exact) mass is 327 g/mol. The van der Waals surface area contributed by atoms with Crippen molar-refractivity contribution in [2.45, 2.75) is 19.4 Å². The summed E-state index contributed by atoms with van der Waals surface area (Å²) >= 11 is 0. The molecule has 7 heteroatoms. The minimum Gasteiger partial charge on any atom is -0.454 e. The molecule has 0 aliphatic carbocycles. The fraction of sp³-hybridized carbons (Fsp3) is 0.533. The summed E-state index contributed by atoms with van der Waals surface area (Å²) in [6.45, 7) is 4.49. The molecule has 1 saturated heterocycles. The number of carbonyl (C=O) groups excluding carboxylic acids is 1. The van der Waals surface area contributed by atoms with Crippen LogP contribution in [0.15, 0.2) is 18.2 Å². The normalized spacial score (nSPS) is 21.3. The van der Waals surface area contributed by atoms with Crippen molar-refractivity contribution in [1.29, 1.82) is 0 Å². The third-order valence-corrected chi connectivity index (χ3v) is 4.08. The zero-order chi connectivity index (χ0) is 14.8. The SMILES string of the molecule is CC(N)C1CCN(CC(=O)Nc2ccc3c(c2)OCO3)C1.Cl. The number of halogens is 1. The number of anilines is 1. The van der Waals surface area contributed by atoms with Crippen LogP contribution in [0.4, 0.5) is 5.69 Å². The van der Waals surface area contributed by atoms with Gasteiger partial charge in [-0.05, 0) is 37.9 Å². The largest absolute Gasteiger partial charge is 0.454 e. The van der Waals surface area contributed by atoms with E-state index in [1.807, 2.05) is 13.0 Å². The van der Waals surface area contributed by atoms with Crippen molar-refractivity contribution in [3.8, 4) is 11.5 Å². The van der Waals surface area contributed by atoms with Gasteiger partial charge in [-0.15, -0.1) is 12.4 Å². The van der Waals surface area contributed by atoms with Gasteiger partial charge in [0.2, 0.25) is 12.7 Å².